The van der Waals surface area contributed by atoms with Gasteiger partial charge in [0, 0.05) is 12.1 Å². The van der Waals surface area contributed by atoms with E-state index in [-0.39, 0.29) is 40.2 Å². The number of carbonyl (C=O) groups excluding carboxylic acids is 1. The minimum Gasteiger partial charge on any atom is -0.484 e. The van der Waals surface area contributed by atoms with Crippen LogP contribution in [0.2, 0.25) is 5.02 Å². The van der Waals surface area contributed by atoms with Crippen molar-refractivity contribution < 1.29 is 28.2 Å². The molecule has 0 atom stereocenters. The first-order valence-corrected chi connectivity index (χ1v) is 8.95. The molecule has 0 aliphatic carbocycles. The van der Waals surface area contributed by atoms with Gasteiger partial charge >= 0.3 is 0 Å². The molecule has 3 rings (SSSR count). The van der Waals surface area contributed by atoms with E-state index in [1.165, 1.54) is 31.2 Å². The molecule has 1 amide bonds. The first kappa shape index (κ1) is 21.7. The minimum atomic E-state index is -0.779. The van der Waals surface area contributed by atoms with Gasteiger partial charge in [0.1, 0.15) is 29.5 Å². The van der Waals surface area contributed by atoms with Crippen molar-refractivity contribution >= 4 is 34.6 Å². The van der Waals surface area contributed by atoms with Gasteiger partial charge in [0.25, 0.3) is 17.3 Å². The number of furan rings is 1. The largest absolute Gasteiger partial charge is 0.484 e. The summed E-state index contributed by atoms with van der Waals surface area (Å²) in [5, 5.41) is 24.7. The van der Waals surface area contributed by atoms with Crippen LogP contribution in [0.1, 0.15) is 21.9 Å². The fourth-order valence-electron chi connectivity index (χ4n) is 2.65. The van der Waals surface area contributed by atoms with Gasteiger partial charge in [-0.15, -0.1) is 0 Å². The van der Waals surface area contributed by atoms with Gasteiger partial charge < -0.3 is 14.5 Å². The number of halogens is 2. The Morgan fingerprint density at radius 2 is 1.77 bits per heavy atom. The van der Waals surface area contributed by atoms with Crippen LogP contribution in [0, 0.1) is 33.0 Å². The van der Waals surface area contributed by atoms with E-state index in [2.05, 4.69) is 5.32 Å². The predicted molar refractivity (Wildman–Crippen MR) is 107 cm³/mol. The summed E-state index contributed by atoms with van der Waals surface area (Å²) in [4.78, 5) is 33.1. The highest BCUT2D eigenvalue weighted by atomic mass is 35.5. The van der Waals surface area contributed by atoms with Gasteiger partial charge in [-0.05, 0) is 37.3 Å². The third-order valence-corrected chi connectivity index (χ3v) is 4.45. The van der Waals surface area contributed by atoms with Crippen molar-refractivity contribution in [1.82, 2.24) is 0 Å². The number of hydrogen-bond donors (Lipinski definition) is 1. The van der Waals surface area contributed by atoms with E-state index in [1.807, 2.05) is 0 Å². The van der Waals surface area contributed by atoms with Crippen molar-refractivity contribution in [1.29, 1.82) is 0 Å². The number of nitrogens with one attached hydrogen (secondary N) is 1. The number of amides is 1. The first-order valence-electron chi connectivity index (χ1n) is 8.57. The summed E-state index contributed by atoms with van der Waals surface area (Å²) in [6, 6.07) is 8.41. The molecule has 12 heteroatoms. The molecule has 1 N–H and O–H groups in total. The van der Waals surface area contributed by atoms with Crippen LogP contribution in [-0.4, -0.2) is 15.8 Å². The molecule has 0 aliphatic rings. The molecular formula is C19H13ClFN3O7. The molecule has 0 fully saturated rings. The Hall–Kier alpha value is -3.99. The number of carbonyl (C=O) groups is 1. The van der Waals surface area contributed by atoms with Crippen LogP contribution in [0.25, 0.3) is 0 Å². The van der Waals surface area contributed by atoms with Gasteiger partial charge in [0.2, 0.25) is 0 Å². The smallest absolute Gasteiger partial charge is 0.291 e. The number of anilines is 1. The zero-order valence-electron chi connectivity index (χ0n) is 15.8. The maximum atomic E-state index is 13.1. The summed E-state index contributed by atoms with van der Waals surface area (Å²) in [7, 11) is 0. The average Bonchev–Trinajstić information content (AvgIpc) is 3.17. The van der Waals surface area contributed by atoms with Gasteiger partial charge in [0.15, 0.2) is 5.76 Å². The third kappa shape index (κ3) is 4.95. The Morgan fingerprint density at radius 1 is 1.13 bits per heavy atom. The molecule has 0 radical (unpaired) electrons. The molecular weight excluding hydrogens is 437 g/mol. The lowest BCUT2D eigenvalue weighted by Gasteiger charge is -2.07. The van der Waals surface area contributed by atoms with Crippen molar-refractivity contribution in [2.75, 3.05) is 5.32 Å². The predicted octanol–water partition coefficient (Wildman–Crippen LogP) is 5.03. The van der Waals surface area contributed by atoms with Gasteiger partial charge in [-0.2, -0.15) is 0 Å². The summed E-state index contributed by atoms with van der Waals surface area (Å²) in [6.45, 7) is 1.13. The molecule has 1 heterocycles. The molecule has 0 saturated heterocycles. The standard InChI is InChI=1S/C19H13ClFN3O7/c1-10-15(23(26)27)7-12(8-16(10)24(28)29)22-19(25)18-5-3-13(31-18)9-30-17-4-2-11(21)6-14(17)20/h2-8H,9H2,1H3,(H,22,25). The van der Waals surface area contributed by atoms with E-state index in [1.54, 1.807) is 0 Å². The summed E-state index contributed by atoms with van der Waals surface area (Å²) < 4.78 is 23.8. The second-order valence-electron chi connectivity index (χ2n) is 6.24. The molecule has 1 aromatic heterocycles. The zero-order valence-corrected chi connectivity index (χ0v) is 16.5. The molecule has 0 aliphatic heterocycles. The maximum absolute atomic E-state index is 13.1. The van der Waals surface area contributed by atoms with Gasteiger partial charge in [-0.25, -0.2) is 4.39 Å². The van der Waals surface area contributed by atoms with Gasteiger partial charge in [-0.3, -0.25) is 25.0 Å². The minimum absolute atomic E-state index is 0.0621. The Bertz CT molecular complexity index is 1160. The summed E-state index contributed by atoms with van der Waals surface area (Å²) in [5.74, 6) is -1.00. The number of rotatable bonds is 7. The van der Waals surface area contributed by atoms with Crippen LogP contribution in [0.15, 0.2) is 46.9 Å². The highest BCUT2D eigenvalue weighted by Gasteiger charge is 2.24. The van der Waals surface area contributed by atoms with Crippen LogP contribution in [0.3, 0.4) is 0 Å². The van der Waals surface area contributed by atoms with Crippen LogP contribution in [-0.2, 0) is 6.61 Å². The molecule has 0 unspecified atom stereocenters. The molecule has 0 spiro atoms. The molecule has 31 heavy (non-hydrogen) atoms. The van der Waals surface area contributed by atoms with Crippen molar-refractivity contribution in [3.8, 4) is 5.75 Å². The zero-order chi connectivity index (χ0) is 22.7. The van der Waals surface area contributed by atoms with E-state index in [0.717, 1.165) is 18.2 Å². The highest BCUT2D eigenvalue weighted by molar-refractivity contribution is 6.32. The molecule has 10 nitrogen and oxygen atoms in total. The number of nitro groups is 2. The van der Waals surface area contributed by atoms with E-state index < -0.39 is 32.9 Å². The van der Waals surface area contributed by atoms with Crippen LogP contribution in [0.5, 0.6) is 5.75 Å². The Labute approximate surface area is 178 Å². The van der Waals surface area contributed by atoms with E-state index in [0.29, 0.717) is 0 Å². The van der Waals surface area contributed by atoms with Crippen molar-refractivity contribution in [3.05, 3.63) is 90.6 Å². The first-order chi connectivity index (χ1) is 14.7. The van der Waals surface area contributed by atoms with Crippen LogP contribution in [0.4, 0.5) is 21.5 Å². The molecule has 0 saturated carbocycles. The summed E-state index contributed by atoms with van der Waals surface area (Å²) in [5.41, 5.74) is -1.28. The quantitative estimate of drug-likeness (QED) is 0.394. The second-order valence-corrected chi connectivity index (χ2v) is 6.64. The van der Waals surface area contributed by atoms with Gasteiger partial charge in [0.05, 0.1) is 20.6 Å². The topological polar surface area (TPSA) is 138 Å². The lowest BCUT2D eigenvalue weighted by atomic mass is 10.1. The lowest BCUT2D eigenvalue weighted by molar-refractivity contribution is -0.395. The average molecular weight is 450 g/mol. The number of nitro benzene ring substituents is 2. The Kier molecular flexibility index (Phi) is 6.16. The van der Waals surface area contributed by atoms with Crippen LogP contribution < -0.4 is 10.1 Å². The fraction of sp³-hybridized carbons (Fsp3) is 0.105. The van der Waals surface area contributed by atoms with Crippen LogP contribution >= 0.6 is 11.6 Å². The number of hydrogen-bond acceptors (Lipinski definition) is 7. The molecule has 160 valence electrons. The molecule has 2 aromatic carbocycles. The third-order valence-electron chi connectivity index (χ3n) is 4.15. The monoisotopic (exact) mass is 449 g/mol. The number of ether oxygens (including phenoxy) is 1. The SMILES string of the molecule is Cc1c([N+](=O)[O-])cc(NC(=O)c2ccc(COc3ccc(F)cc3Cl)o2)cc1[N+](=O)[O-]. The van der Waals surface area contributed by atoms with Gasteiger partial charge in [-0.1, -0.05) is 11.6 Å². The maximum Gasteiger partial charge on any atom is 0.291 e. The Morgan fingerprint density at radius 3 is 2.35 bits per heavy atom. The summed E-state index contributed by atoms with van der Waals surface area (Å²) in [6.07, 6.45) is 0. The second kappa shape index (κ2) is 8.79. The van der Waals surface area contributed by atoms with E-state index in [9.17, 15) is 29.4 Å². The molecule has 0 bridgehead atoms. The Balaban J connectivity index is 1.74. The summed E-state index contributed by atoms with van der Waals surface area (Å²) >= 11 is 5.87. The molecule has 3 aromatic rings. The van der Waals surface area contributed by atoms with Crippen molar-refractivity contribution in [3.63, 3.8) is 0 Å². The van der Waals surface area contributed by atoms with Crippen molar-refractivity contribution in [2.45, 2.75) is 13.5 Å². The van der Waals surface area contributed by atoms with E-state index >= 15 is 0 Å². The number of benzene rings is 2. The fourth-order valence-corrected chi connectivity index (χ4v) is 2.87. The number of nitrogens with zero attached hydrogens (tertiary/aromatic N) is 2. The highest BCUT2D eigenvalue weighted by Crippen LogP contribution is 2.32. The normalized spacial score (nSPS) is 10.5. The lowest BCUT2D eigenvalue weighted by Crippen LogP contribution is -2.12. The van der Waals surface area contributed by atoms with Crippen molar-refractivity contribution in [2.24, 2.45) is 0 Å². The van der Waals surface area contributed by atoms with E-state index in [4.69, 9.17) is 20.8 Å².